The number of aromatic hydroxyl groups is 1. The molecule has 1 amide bonds. The Balaban J connectivity index is 1.98. The predicted molar refractivity (Wildman–Crippen MR) is 125 cm³/mol. The van der Waals surface area contributed by atoms with Gasteiger partial charge in [0.25, 0.3) is 5.78 Å². The Kier molecular flexibility index (Phi) is 5.90. The third-order valence-corrected chi connectivity index (χ3v) is 6.25. The molecule has 2 heterocycles. The Morgan fingerprint density at radius 1 is 1.12 bits per heavy atom. The average molecular weight is 466 g/mol. The molecule has 9 heteroatoms. The van der Waals surface area contributed by atoms with Crippen LogP contribution in [0.25, 0.3) is 5.76 Å². The molecule has 2 aromatic carbocycles. The number of rotatable bonds is 5. The third kappa shape index (κ3) is 3.95. The van der Waals surface area contributed by atoms with Crippen LogP contribution in [0.1, 0.15) is 40.2 Å². The molecular weight excluding hydrogens is 442 g/mol. The number of carbonyl (C=O) groups is 2. The van der Waals surface area contributed by atoms with Crippen molar-refractivity contribution in [1.29, 1.82) is 0 Å². The van der Waals surface area contributed by atoms with Crippen LogP contribution in [0.3, 0.4) is 0 Å². The van der Waals surface area contributed by atoms with E-state index in [1.807, 2.05) is 26.0 Å². The fraction of sp³-hybridized carbons (Fsp3) is 0.250. The van der Waals surface area contributed by atoms with Crippen LogP contribution in [0.15, 0.2) is 42.0 Å². The van der Waals surface area contributed by atoms with E-state index in [-0.39, 0.29) is 28.0 Å². The lowest BCUT2D eigenvalue weighted by Crippen LogP contribution is -2.29. The zero-order valence-electron chi connectivity index (χ0n) is 18.6. The zero-order chi connectivity index (χ0) is 23.9. The van der Waals surface area contributed by atoms with Gasteiger partial charge in [0.05, 0.1) is 18.2 Å². The maximum absolute atomic E-state index is 13.2. The van der Waals surface area contributed by atoms with Crippen molar-refractivity contribution >= 4 is 33.9 Å². The number of aryl methyl sites for hydroxylation is 3. The Morgan fingerprint density at radius 2 is 1.88 bits per heavy atom. The summed E-state index contributed by atoms with van der Waals surface area (Å²) in [6.45, 7) is 7.54. The minimum Gasteiger partial charge on any atom is -0.507 e. The minimum atomic E-state index is -0.975. The summed E-state index contributed by atoms with van der Waals surface area (Å²) >= 11 is 1.17. The van der Waals surface area contributed by atoms with E-state index in [2.05, 4.69) is 10.2 Å². The Hall–Kier alpha value is -3.72. The third-order valence-electron chi connectivity index (χ3n) is 5.41. The van der Waals surface area contributed by atoms with Crippen molar-refractivity contribution in [2.75, 3.05) is 11.5 Å². The lowest BCUT2D eigenvalue weighted by atomic mass is 9.93. The number of phenolic OH excluding ortho intramolecular Hbond substituents is 1. The normalized spacial score (nSPS) is 17.6. The number of hydrogen-bond donors (Lipinski definition) is 2. The Bertz CT molecular complexity index is 1300. The first kappa shape index (κ1) is 22.5. The van der Waals surface area contributed by atoms with Crippen molar-refractivity contribution in [3.05, 3.63) is 69.2 Å². The summed E-state index contributed by atoms with van der Waals surface area (Å²) in [4.78, 5) is 27.6. The van der Waals surface area contributed by atoms with E-state index in [0.717, 1.165) is 11.1 Å². The van der Waals surface area contributed by atoms with Gasteiger partial charge in [-0.2, -0.15) is 0 Å². The van der Waals surface area contributed by atoms with Gasteiger partial charge < -0.3 is 14.9 Å². The molecule has 1 unspecified atom stereocenters. The predicted octanol–water partition coefficient (Wildman–Crippen LogP) is 4.19. The Labute approximate surface area is 194 Å². The van der Waals surface area contributed by atoms with Gasteiger partial charge >= 0.3 is 5.91 Å². The lowest BCUT2D eigenvalue weighted by molar-refractivity contribution is -0.132. The first-order chi connectivity index (χ1) is 15.7. The molecule has 0 bridgehead atoms. The number of aromatic nitrogens is 2. The smallest absolute Gasteiger partial charge is 0.301 e. The number of phenols is 1. The number of Topliss-reactive ketones (excluding diaryl/α,β-unsaturated/α-hetero) is 1. The van der Waals surface area contributed by atoms with E-state index in [0.29, 0.717) is 22.7 Å². The van der Waals surface area contributed by atoms with Gasteiger partial charge in [0.1, 0.15) is 10.8 Å². The number of carbonyl (C=O) groups excluding carboxylic acids is 2. The summed E-state index contributed by atoms with van der Waals surface area (Å²) in [6.07, 6.45) is 0. The van der Waals surface area contributed by atoms with Crippen molar-refractivity contribution in [3.8, 4) is 11.5 Å². The molecule has 2 N–H and O–H groups in total. The van der Waals surface area contributed by atoms with Gasteiger partial charge in [0, 0.05) is 5.56 Å². The standard InChI is InChI=1S/C24H23N3O5S/c1-5-32-18-11-15(8-9-17(18)28)20-19(21(29)16-10-12(2)6-7-13(16)3)22(30)23(31)27(20)24-26-25-14(4)33-24/h6-11,20,28-29H,5H2,1-4H3. The second-order valence-electron chi connectivity index (χ2n) is 7.75. The molecule has 1 aliphatic rings. The minimum absolute atomic E-state index is 0.0605. The van der Waals surface area contributed by atoms with Crippen LogP contribution >= 0.6 is 11.3 Å². The van der Waals surface area contributed by atoms with E-state index in [9.17, 15) is 19.8 Å². The highest BCUT2D eigenvalue weighted by Gasteiger charge is 2.48. The van der Waals surface area contributed by atoms with E-state index in [1.165, 1.54) is 22.3 Å². The van der Waals surface area contributed by atoms with E-state index >= 15 is 0 Å². The van der Waals surface area contributed by atoms with Crippen LogP contribution in [-0.2, 0) is 9.59 Å². The molecule has 4 rings (SSSR count). The number of ketones is 1. The Morgan fingerprint density at radius 3 is 2.55 bits per heavy atom. The first-order valence-corrected chi connectivity index (χ1v) is 11.2. The molecule has 0 spiro atoms. The molecule has 0 aliphatic carbocycles. The number of benzene rings is 2. The molecule has 170 valence electrons. The van der Waals surface area contributed by atoms with E-state index < -0.39 is 17.7 Å². The highest BCUT2D eigenvalue weighted by molar-refractivity contribution is 7.15. The highest BCUT2D eigenvalue weighted by atomic mass is 32.1. The molecule has 0 saturated carbocycles. The molecule has 1 saturated heterocycles. The SMILES string of the molecule is CCOc1cc(C2C(=C(O)c3cc(C)ccc3C)C(=O)C(=O)N2c2nnc(C)s2)ccc1O. The largest absolute Gasteiger partial charge is 0.507 e. The number of nitrogens with zero attached hydrogens (tertiary/aromatic N) is 3. The summed E-state index contributed by atoms with van der Waals surface area (Å²) in [5.41, 5.74) is 2.55. The number of anilines is 1. The van der Waals surface area contributed by atoms with Crippen molar-refractivity contribution in [2.24, 2.45) is 0 Å². The molecule has 3 aromatic rings. The number of ether oxygens (including phenoxy) is 1. The van der Waals surface area contributed by atoms with Gasteiger partial charge in [-0.15, -0.1) is 10.2 Å². The molecule has 1 atom stereocenters. The maximum Gasteiger partial charge on any atom is 0.301 e. The van der Waals surface area contributed by atoms with Gasteiger partial charge in [-0.3, -0.25) is 14.5 Å². The highest BCUT2D eigenvalue weighted by Crippen LogP contribution is 2.44. The van der Waals surface area contributed by atoms with Crippen molar-refractivity contribution in [1.82, 2.24) is 10.2 Å². The molecule has 1 aromatic heterocycles. The number of aliphatic hydroxyl groups is 1. The number of aliphatic hydroxyl groups excluding tert-OH is 1. The molecule has 1 aliphatic heterocycles. The van der Waals surface area contributed by atoms with Crippen LogP contribution < -0.4 is 9.64 Å². The molecule has 33 heavy (non-hydrogen) atoms. The topological polar surface area (TPSA) is 113 Å². The van der Waals surface area contributed by atoms with Crippen LogP contribution in [0.5, 0.6) is 11.5 Å². The van der Waals surface area contributed by atoms with Gasteiger partial charge in [-0.1, -0.05) is 35.1 Å². The van der Waals surface area contributed by atoms with Crippen LogP contribution in [0.2, 0.25) is 0 Å². The molecule has 0 radical (unpaired) electrons. The van der Waals surface area contributed by atoms with Crippen molar-refractivity contribution in [3.63, 3.8) is 0 Å². The van der Waals surface area contributed by atoms with Crippen molar-refractivity contribution in [2.45, 2.75) is 33.7 Å². The van der Waals surface area contributed by atoms with E-state index in [4.69, 9.17) is 4.74 Å². The van der Waals surface area contributed by atoms with Crippen molar-refractivity contribution < 1.29 is 24.5 Å². The quantitative estimate of drug-likeness (QED) is 0.330. The monoisotopic (exact) mass is 465 g/mol. The van der Waals surface area contributed by atoms with Crippen LogP contribution in [0.4, 0.5) is 5.13 Å². The van der Waals surface area contributed by atoms with Crippen LogP contribution in [0, 0.1) is 20.8 Å². The van der Waals surface area contributed by atoms with Gasteiger partial charge in [0.2, 0.25) is 5.13 Å². The summed E-state index contributed by atoms with van der Waals surface area (Å²) < 4.78 is 5.51. The summed E-state index contributed by atoms with van der Waals surface area (Å²) in [5, 5.41) is 30.4. The van der Waals surface area contributed by atoms with Gasteiger partial charge in [-0.25, -0.2) is 0 Å². The maximum atomic E-state index is 13.2. The molecular formula is C24H23N3O5S. The molecule has 1 fully saturated rings. The fourth-order valence-electron chi connectivity index (χ4n) is 3.84. The lowest BCUT2D eigenvalue weighted by Gasteiger charge is -2.23. The number of amides is 1. The summed E-state index contributed by atoms with van der Waals surface area (Å²) in [5.74, 6) is -1.76. The average Bonchev–Trinajstić information content (AvgIpc) is 3.32. The number of hydrogen-bond acceptors (Lipinski definition) is 8. The van der Waals surface area contributed by atoms with E-state index in [1.54, 1.807) is 32.0 Å². The van der Waals surface area contributed by atoms with Gasteiger partial charge in [-0.05, 0) is 57.0 Å². The fourth-order valence-corrected chi connectivity index (χ4v) is 4.55. The zero-order valence-corrected chi connectivity index (χ0v) is 19.4. The van der Waals surface area contributed by atoms with Gasteiger partial charge in [0.15, 0.2) is 11.5 Å². The van der Waals surface area contributed by atoms with Crippen LogP contribution in [-0.4, -0.2) is 38.7 Å². The molecule has 8 nitrogen and oxygen atoms in total. The summed E-state index contributed by atoms with van der Waals surface area (Å²) in [7, 11) is 0. The first-order valence-electron chi connectivity index (χ1n) is 10.4. The second kappa shape index (κ2) is 8.67. The summed E-state index contributed by atoms with van der Waals surface area (Å²) in [6, 6.07) is 9.13. The second-order valence-corrected chi connectivity index (χ2v) is 8.91.